The van der Waals surface area contributed by atoms with Gasteiger partial charge in [-0.1, -0.05) is 48.0 Å². The lowest BCUT2D eigenvalue weighted by Crippen LogP contribution is -2.32. The molecular weight excluding hydrogens is 430 g/mol. The molecule has 34 heavy (non-hydrogen) atoms. The molecule has 176 valence electrons. The van der Waals surface area contributed by atoms with E-state index in [1.165, 1.54) is 0 Å². The van der Waals surface area contributed by atoms with Gasteiger partial charge in [-0.25, -0.2) is 0 Å². The lowest BCUT2D eigenvalue weighted by molar-refractivity contribution is -0.129. The molecule has 1 N–H and O–H groups in total. The summed E-state index contributed by atoms with van der Waals surface area (Å²) in [5, 5.41) is 11.0. The molecule has 0 spiro atoms. The van der Waals surface area contributed by atoms with Crippen LogP contribution in [0.25, 0.3) is 5.57 Å². The molecule has 1 amide bonds. The molecule has 1 aliphatic heterocycles. The average Bonchev–Trinajstić information content (AvgIpc) is 3.12. The largest absolute Gasteiger partial charge is 0.503 e. The highest BCUT2D eigenvalue weighted by molar-refractivity contribution is 6.05. The van der Waals surface area contributed by atoms with Gasteiger partial charge in [0, 0.05) is 12.1 Å². The van der Waals surface area contributed by atoms with Crippen molar-refractivity contribution in [3.8, 4) is 17.2 Å². The Kier molecular flexibility index (Phi) is 6.77. The van der Waals surface area contributed by atoms with E-state index < -0.39 is 6.04 Å². The van der Waals surface area contributed by atoms with Gasteiger partial charge in [-0.05, 0) is 54.3 Å². The monoisotopic (exact) mass is 459 g/mol. The molecule has 0 saturated heterocycles. The van der Waals surface area contributed by atoms with Gasteiger partial charge in [-0.15, -0.1) is 0 Å². The predicted molar refractivity (Wildman–Crippen MR) is 131 cm³/mol. The number of hydrogen-bond donors (Lipinski definition) is 1. The van der Waals surface area contributed by atoms with Crippen LogP contribution in [0.1, 0.15) is 28.3 Å². The molecule has 0 bridgehead atoms. The Morgan fingerprint density at radius 3 is 2.15 bits per heavy atom. The van der Waals surface area contributed by atoms with E-state index in [1.54, 1.807) is 26.2 Å². The number of nitrogens with zero attached hydrogens (tertiary/aromatic N) is 1. The van der Waals surface area contributed by atoms with E-state index in [0.29, 0.717) is 35.8 Å². The molecule has 1 heterocycles. The van der Waals surface area contributed by atoms with E-state index in [1.807, 2.05) is 73.7 Å². The Bertz CT molecular complexity index is 1200. The van der Waals surface area contributed by atoms with Crippen molar-refractivity contribution in [2.75, 3.05) is 27.9 Å². The Morgan fingerprint density at radius 1 is 0.853 bits per heavy atom. The van der Waals surface area contributed by atoms with Gasteiger partial charge in [-0.2, -0.15) is 0 Å². The molecular formula is C28H29NO5. The number of amides is 1. The maximum absolute atomic E-state index is 13.3. The minimum atomic E-state index is -0.401. The highest BCUT2D eigenvalue weighted by Crippen LogP contribution is 2.43. The SMILES string of the molecule is COc1ccc(C2=C(O)C(=O)N(CCc3ccc(OC)c(OC)c3)[C@@H]2c2ccc(C)cc2)cc1. The van der Waals surface area contributed by atoms with Crippen LogP contribution in [-0.4, -0.2) is 43.8 Å². The molecule has 0 aromatic heterocycles. The smallest absolute Gasteiger partial charge is 0.289 e. The maximum Gasteiger partial charge on any atom is 0.289 e. The van der Waals surface area contributed by atoms with Crippen LogP contribution in [0.4, 0.5) is 0 Å². The van der Waals surface area contributed by atoms with Gasteiger partial charge in [0.15, 0.2) is 17.3 Å². The molecule has 0 saturated carbocycles. The summed E-state index contributed by atoms with van der Waals surface area (Å²) in [6.45, 7) is 2.45. The number of rotatable bonds is 8. The van der Waals surface area contributed by atoms with Crippen molar-refractivity contribution in [1.82, 2.24) is 4.90 Å². The molecule has 0 fully saturated rings. The third kappa shape index (κ3) is 4.44. The summed E-state index contributed by atoms with van der Waals surface area (Å²) in [6.07, 6.45) is 0.595. The summed E-state index contributed by atoms with van der Waals surface area (Å²) >= 11 is 0. The minimum absolute atomic E-state index is 0.219. The van der Waals surface area contributed by atoms with Crippen molar-refractivity contribution >= 4 is 11.5 Å². The molecule has 3 aromatic rings. The fourth-order valence-electron chi connectivity index (χ4n) is 4.33. The topological polar surface area (TPSA) is 68.2 Å². The molecule has 0 radical (unpaired) electrons. The number of carbonyl (C=O) groups excluding carboxylic acids is 1. The van der Waals surface area contributed by atoms with Crippen LogP contribution in [0.2, 0.25) is 0 Å². The lowest BCUT2D eigenvalue weighted by Gasteiger charge is -2.27. The third-order valence-electron chi connectivity index (χ3n) is 6.19. The van der Waals surface area contributed by atoms with Crippen LogP contribution in [-0.2, 0) is 11.2 Å². The van der Waals surface area contributed by atoms with Crippen LogP contribution in [0.3, 0.4) is 0 Å². The number of ether oxygens (including phenoxy) is 3. The van der Waals surface area contributed by atoms with Crippen LogP contribution in [0.5, 0.6) is 17.2 Å². The first-order valence-corrected chi connectivity index (χ1v) is 11.1. The summed E-state index contributed by atoms with van der Waals surface area (Å²) in [5.74, 6) is 1.41. The van der Waals surface area contributed by atoms with E-state index >= 15 is 0 Å². The second kappa shape index (κ2) is 9.91. The normalized spacial score (nSPS) is 15.6. The molecule has 0 unspecified atom stereocenters. The van der Waals surface area contributed by atoms with Crippen molar-refractivity contribution in [3.05, 3.63) is 94.7 Å². The first kappa shape index (κ1) is 23.2. The van der Waals surface area contributed by atoms with E-state index in [-0.39, 0.29) is 11.7 Å². The van der Waals surface area contributed by atoms with E-state index in [9.17, 15) is 9.90 Å². The van der Waals surface area contributed by atoms with Gasteiger partial charge in [0.25, 0.3) is 5.91 Å². The minimum Gasteiger partial charge on any atom is -0.503 e. The number of hydrogen-bond acceptors (Lipinski definition) is 5. The van der Waals surface area contributed by atoms with Crippen molar-refractivity contribution in [2.24, 2.45) is 0 Å². The summed E-state index contributed by atoms with van der Waals surface area (Å²) in [6, 6.07) is 20.8. The van der Waals surface area contributed by atoms with E-state index in [2.05, 4.69) is 0 Å². The zero-order valence-corrected chi connectivity index (χ0v) is 19.9. The molecule has 1 aliphatic rings. The van der Waals surface area contributed by atoms with Crippen molar-refractivity contribution < 1.29 is 24.1 Å². The zero-order valence-electron chi connectivity index (χ0n) is 19.9. The maximum atomic E-state index is 13.3. The molecule has 4 rings (SSSR count). The van der Waals surface area contributed by atoms with Gasteiger partial charge < -0.3 is 24.2 Å². The standard InChI is InChI=1S/C28H29NO5/c1-18-5-8-21(9-6-18)26-25(20-10-12-22(32-2)13-11-20)27(30)28(31)29(26)16-15-19-7-14-23(33-3)24(17-19)34-4/h5-14,17,26,30H,15-16H2,1-4H3/t26-/m1/s1. The number of aryl methyl sites for hydroxylation is 1. The second-order valence-electron chi connectivity index (χ2n) is 8.24. The van der Waals surface area contributed by atoms with Crippen LogP contribution >= 0.6 is 0 Å². The molecule has 1 atom stereocenters. The Labute approximate surface area is 200 Å². The number of aliphatic hydroxyl groups excluding tert-OH is 1. The van der Waals surface area contributed by atoms with Gasteiger partial charge in [0.1, 0.15) is 5.75 Å². The Morgan fingerprint density at radius 2 is 1.53 bits per heavy atom. The van der Waals surface area contributed by atoms with Gasteiger partial charge in [0.2, 0.25) is 0 Å². The first-order chi connectivity index (χ1) is 16.5. The van der Waals surface area contributed by atoms with Crippen LogP contribution in [0.15, 0.2) is 72.5 Å². The quantitative estimate of drug-likeness (QED) is 0.507. The van der Waals surface area contributed by atoms with E-state index in [0.717, 1.165) is 22.3 Å². The highest BCUT2D eigenvalue weighted by Gasteiger charge is 2.40. The predicted octanol–water partition coefficient (Wildman–Crippen LogP) is 5.12. The van der Waals surface area contributed by atoms with E-state index in [4.69, 9.17) is 14.2 Å². The fourth-order valence-corrected chi connectivity index (χ4v) is 4.33. The highest BCUT2D eigenvalue weighted by atomic mass is 16.5. The van der Waals surface area contributed by atoms with Crippen molar-refractivity contribution in [2.45, 2.75) is 19.4 Å². The van der Waals surface area contributed by atoms with Crippen LogP contribution < -0.4 is 14.2 Å². The molecule has 6 heteroatoms. The lowest BCUT2D eigenvalue weighted by atomic mass is 9.93. The number of methoxy groups -OCH3 is 3. The third-order valence-corrected chi connectivity index (χ3v) is 6.19. The Balaban J connectivity index is 1.68. The second-order valence-corrected chi connectivity index (χ2v) is 8.24. The first-order valence-electron chi connectivity index (χ1n) is 11.1. The number of carbonyl (C=O) groups is 1. The molecule has 6 nitrogen and oxygen atoms in total. The molecule has 3 aromatic carbocycles. The number of benzene rings is 3. The average molecular weight is 460 g/mol. The fraction of sp³-hybridized carbons (Fsp3) is 0.250. The van der Waals surface area contributed by atoms with Gasteiger partial charge >= 0.3 is 0 Å². The summed E-state index contributed by atoms with van der Waals surface area (Å²) < 4.78 is 16.0. The summed E-state index contributed by atoms with van der Waals surface area (Å²) in [4.78, 5) is 15.0. The molecule has 0 aliphatic carbocycles. The van der Waals surface area contributed by atoms with Crippen LogP contribution in [0, 0.1) is 6.92 Å². The zero-order chi connectivity index (χ0) is 24.2. The summed E-state index contributed by atoms with van der Waals surface area (Å²) in [7, 11) is 4.81. The van der Waals surface area contributed by atoms with Gasteiger partial charge in [0.05, 0.1) is 27.4 Å². The van der Waals surface area contributed by atoms with Crippen molar-refractivity contribution in [3.63, 3.8) is 0 Å². The number of aliphatic hydroxyl groups is 1. The Hall–Kier alpha value is -3.93. The summed E-state index contributed by atoms with van der Waals surface area (Å²) in [5.41, 5.74) is 4.46. The van der Waals surface area contributed by atoms with Gasteiger partial charge in [-0.3, -0.25) is 4.79 Å². The van der Waals surface area contributed by atoms with Crippen molar-refractivity contribution in [1.29, 1.82) is 0 Å².